The Bertz CT molecular complexity index is 536. The van der Waals surface area contributed by atoms with Crippen molar-refractivity contribution in [1.29, 1.82) is 0 Å². The molecule has 0 aromatic carbocycles. The number of aromatic nitrogens is 2. The van der Waals surface area contributed by atoms with E-state index in [1.54, 1.807) is 19.4 Å². The molecular weight excluding hydrogens is 248 g/mol. The van der Waals surface area contributed by atoms with Crippen molar-refractivity contribution >= 4 is 27.0 Å². The number of aromatic amines is 1. The van der Waals surface area contributed by atoms with Crippen LogP contribution in [0.4, 0.5) is 0 Å². The fourth-order valence-electron chi connectivity index (χ4n) is 1.16. The van der Waals surface area contributed by atoms with Gasteiger partial charge in [-0.1, -0.05) is 0 Å². The van der Waals surface area contributed by atoms with E-state index in [-0.39, 0.29) is 5.56 Å². The third-order valence-electron chi connectivity index (χ3n) is 1.86. The summed E-state index contributed by atoms with van der Waals surface area (Å²) in [7, 11) is 1.57. The quantitative estimate of drug-likeness (QED) is 0.843. The topological polar surface area (TPSA) is 55.0 Å². The van der Waals surface area contributed by atoms with E-state index < -0.39 is 0 Å². The maximum absolute atomic E-state index is 11.2. The van der Waals surface area contributed by atoms with Crippen molar-refractivity contribution in [1.82, 2.24) is 9.97 Å². The summed E-state index contributed by atoms with van der Waals surface area (Å²) in [6.07, 6.45) is 1.56. The highest BCUT2D eigenvalue weighted by Crippen LogP contribution is 2.17. The zero-order valence-electron chi connectivity index (χ0n) is 7.37. The van der Waals surface area contributed by atoms with Gasteiger partial charge in [0.05, 0.1) is 17.8 Å². The molecule has 4 nitrogen and oxygen atoms in total. The van der Waals surface area contributed by atoms with Gasteiger partial charge in [0.15, 0.2) is 0 Å². The number of nitrogens with one attached hydrogen (secondary N) is 1. The summed E-state index contributed by atoms with van der Waals surface area (Å²) < 4.78 is 5.51. The lowest BCUT2D eigenvalue weighted by Crippen LogP contribution is -2.06. The van der Waals surface area contributed by atoms with Gasteiger partial charge in [0.25, 0.3) is 5.56 Å². The van der Waals surface area contributed by atoms with Crippen LogP contribution in [0.15, 0.2) is 27.6 Å². The lowest BCUT2D eigenvalue weighted by atomic mass is 10.3. The van der Waals surface area contributed by atoms with Gasteiger partial charge in [-0.3, -0.25) is 4.79 Å². The van der Waals surface area contributed by atoms with E-state index in [0.717, 1.165) is 5.39 Å². The van der Waals surface area contributed by atoms with Gasteiger partial charge in [-0.25, -0.2) is 4.98 Å². The Kier molecular flexibility index (Phi) is 2.25. The molecule has 1 N–H and O–H groups in total. The number of rotatable bonds is 1. The number of pyridine rings is 2. The maximum Gasteiger partial charge on any atom is 0.263 e. The van der Waals surface area contributed by atoms with Crippen molar-refractivity contribution in [3.63, 3.8) is 0 Å². The molecular formula is C9H7BrN2O2. The first-order chi connectivity index (χ1) is 6.70. The van der Waals surface area contributed by atoms with E-state index in [1.165, 1.54) is 0 Å². The fraction of sp³-hybridized carbons (Fsp3) is 0.111. The van der Waals surface area contributed by atoms with Crippen LogP contribution >= 0.6 is 15.9 Å². The van der Waals surface area contributed by atoms with Crippen LogP contribution in [0.1, 0.15) is 0 Å². The van der Waals surface area contributed by atoms with Gasteiger partial charge in [0, 0.05) is 5.39 Å². The molecule has 72 valence electrons. The van der Waals surface area contributed by atoms with Crippen LogP contribution in [0.25, 0.3) is 11.0 Å². The summed E-state index contributed by atoms with van der Waals surface area (Å²) in [5, 5.41) is 0.829. The Morgan fingerprint density at radius 3 is 3.00 bits per heavy atom. The third kappa shape index (κ3) is 1.50. The zero-order valence-corrected chi connectivity index (χ0v) is 8.96. The van der Waals surface area contributed by atoms with Gasteiger partial charge in [-0.2, -0.15) is 0 Å². The summed E-state index contributed by atoms with van der Waals surface area (Å²) in [6, 6.07) is 3.52. The van der Waals surface area contributed by atoms with Crippen LogP contribution < -0.4 is 10.3 Å². The minimum absolute atomic E-state index is 0.185. The van der Waals surface area contributed by atoms with E-state index in [4.69, 9.17) is 4.74 Å². The third-order valence-corrected chi connectivity index (χ3v) is 2.45. The Balaban J connectivity index is 2.77. The average Bonchev–Trinajstić information content (AvgIpc) is 2.19. The molecule has 0 spiro atoms. The van der Waals surface area contributed by atoms with E-state index in [0.29, 0.717) is 15.9 Å². The molecule has 2 aromatic rings. The van der Waals surface area contributed by atoms with E-state index in [2.05, 4.69) is 25.9 Å². The molecule has 2 aromatic heterocycles. The summed E-state index contributed by atoms with van der Waals surface area (Å²) >= 11 is 3.15. The average molecular weight is 255 g/mol. The molecule has 2 rings (SSSR count). The summed E-state index contributed by atoms with van der Waals surface area (Å²) in [5.74, 6) is 0.663. The Morgan fingerprint density at radius 2 is 2.29 bits per heavy atom. The van der Waals surface area contributed by atoms with E-state index in [9.17, 15) is 4.79 Å². The number of ether oxygens (including phenoxy) is 1. The minimum atomic E-state index is -0.185. The highest BCUT2D eigenvalue weighted by atomic mass is 79.9. The van der Waals surface area contributed by atoms with Gasteiger partial charge in [-0.15, -0.1) is 0 Å². The Morgan fingerprint density at radius 1 is 1.50 bits per heavy atom. The van der Waals surface area contributed by atoms with Crippen LogP contribution in [0, 0.1) is 0 Å². The monoisotopic (exact) mass is 254 g/mol. The van der Waals surface area contributed by atoms with Crippen LogP contribution in [-0.2, 0) is 0 Å². The summed E-state index contributed by atoms with van der Waals surface area (Å²) in [4.78, 5) is 17.9. The van der Waals surface area contributed by atoms with E-state index >= 15 is 0 Å². The predicted molar refractivity (Wildman–Crippen MR) is 56.6 cm³/mol. The van der Waals surface area contributed by atoms with Gasteiger partial charge in [0.1, 0.15) is 11.4 Å². The van der Waals surface area contributed by atoms with Crippen molar-refractivity contribution in [3.8, 4) is 5.75 Å². The van der Waals surface area contributed by atoms with E-state index in [1.807, 2.05) is 6.07 Å². The number of nitrogens with zero attached hydrogens (tertiary/aromatic N) is 1. The van der Waals surface area contributed by atoms with Gasteiger partial charge >= 0.3 is 0 Å². The Labute approximate surface area is 88.1 Å². The largest absolute Gasteiger partial charge is 0.495 e. The van der Waals surface area contributed by atoms with Crippen molar-refractivity contribution in [2.24, 2.45) is 0 Å². The summed E-state index contributed by atoms with van der Waals surface area (Å²) in [5.41, 5.74) is 0.370. The van der Waals surface area contributed by atoms with Gasteiger partial charge in [0.2, 0.25) is 0 Å². The lowest BCUT2D eigenvalue weighted by Gasteiger charge is -2.01. The molecule has 0 radical (unpaired) electrons. The van der Waals surface area contributed by atoms with Crippen molar-refractivity contribution in [3.05, 3.63) is 33.2 Å². The highest BCUT2D eigenvalue weighted by Gasteiger charge is 2.01. The second-order valence-electron chi connectivity index (χ2n) is 2.76. The summed E-state index contributed by atoms with van der Waals surface area (Å²) in [6.45, 7) is 0. The van der Waals surface area contributed by atoms with Gasteiger partial charge in [-0.05, 0) is 28.1 Å². The predicted octanol–water partition coefficient (Wildman–Crippen LogP) is 1.69. The molecule has 0 fully saturated rings. The van der Waals surface area contributed by atoms with Crippen molar-refractivity contribution in [2.75, 3.05) is 7.11 Å². The molecule has 14 heavy (non-hydrogen) atoms. The number of methoxy groups -OCH3 is 1. The second kappa shape index (κ2) is 3.42. The highest BCUT2D eigenvalue weighted by molar-refractivity contribution is 9.10. The number of H-pyrrole nitrogens is 1. The molecule has 0 aliphatic carbocycles. The second-order valence-corrected chi connectivity index (χ2v) is 3.61. The Hall–Kier alpha value is -1.36. The standard InChI is InChI=1S/C9H7BrN2O2/c1-14-6-2-5-3-7(10)9(13)12-8(5)11-4-6/h2-4H,1H3,(H,11,12,13). The molecule has 0 unspecified atom stereocenters. The first-order valence-corrected chi connectivity index (χ1v) is 4.72. The van der Waals surface area contributed by atoms with Crippen LogP contribution in [0.3, 0.4) is 0 Å². The lowest BCUT2D eigenvalue weighted by molar-refractivity contribution is 0.413. The molecule has 0 aliphatic heterocycles. The van der Waals surface area contributed by atoms with Crippen molar-refractivity contribution in [2.45, 2.75) is 0 Å². The first-order valence-electron chi connectivity index (χ1n) is 3.93. The minimum Gasteiger partial charge on any atom is -0.495 e. The molecule has 0 atom stereocenters. The number of hydrogen-bond acceptors (Lipinski definition) is 3. The van der Waals surface area contributed by atoms with Crippen molar-refractivity contribution < 1.29 is 4.74 Å². The first kappa shape index (κ1) is 9.21. The normalized spacial score (nSPS) is 10.4. The number of halogens is 1. The van der Waals surface area contributed by atoms with Crippen LogP contribution in [0.2, 0.25) is 0 Å². The molecule has 0 aliphatic rings. The molecule has 0 saturated heterocycles. The molecule has 0 bridgehead atoms. The number of fused-ring (bicyclic) bond motifs is 1. The van der Waals surface area contributed by atoms with Crippen LogP contribution in [0.5, 0.6) is 5.75 Å². The zero-order chi connectivity index (χ0) is 10.1. The molecule has 5 heteroatoms. The molecule has 2 heterocycles. The number of hydrogen-bond donors (Lipinski definition) is 1. The molecule has 0 amide bonds. The maximum atomic E-state index is 11.2. The van der Waals surface area contributed by atoms with Gasteiger partial charge < -0.3 is 9.72 Å². The SMILES string of the molecule is COc1cnc2[nH]c(=O)c(Br)cc2c1. The smallest absolute Gasteiger partial charge is 0.263 e. The molecule has 0 saturated carbocycles. The van der Waals surface area contributed by atoms with Crippen LogP contribution in [-0.4, -0.2) is 17.1 Å². The fourth-order valence-corrected chi connectivity index (χ4v) is 1.50.